The summed E-state index contributed by atoms with van der Waals surface area (Å²) in [6, 6.07) is 13.4. The van der Waals surface area contributed by atoms with E-state index in [9.17, 15) is 9.18 Å². The maximum absolute atomic E-state index is 13.3. The third kappa shape index (κ3) is 3.70. The minimum absolute atomic E-state index is 0.167. The number of aromatic nitrogens is 2. The van der Waals surface area contributed by atoms with E-state index in [0.29, 0.717) is 17.9 Å². The molecule has 0 unspecified atom stereocenters. The topological polar surface area (TPSA) is 78.1 Å². The van der Waals surface area contributed by atoms with E-state index in [2.05, 4.69) is 9.97 Å². The van der Waals surface area contributed by atoms with Gasteiger partial charge in [-0.25, -0.2) is 9.37 Å². The van der Waals surface area contributed by atoms with Crippen LogP contribution in [0.5, 0.6) is 5.75 Å². The summed E-state index contributed by atoms with van der Waals surface area (Å²) in [6.07, 6.45) is 1.68. The van der Waals surface area contributed by atoms with Crippen LogP contribution in [0.25, 0.3) is 21.3 Å². The Hall–Kier alpha value is -3.32. The molecule has 4 rings (SSSR count). The summed E-state index contributed by atoms with van der Waals surface area (Å²) in [4.78, 5) is 21.2. The molecule has 0 aliphatic heterocycles. The average molecular weight is 393 g/mol. The molecule has 0 atom stereocenters. The predicted molar refractivity (Wildman–Crippen MR) is 107 cm³/mol. The lowest BCUT2D eigenvalue weighted by Crippen LogP contribution is -2.13. The second-order valence-electron chi connectivity index (χ2n) is 6.28. The van der Waals surface area contributed by atoms with Crippen LogP contribution in [0.2, 0.25) is 0 Å². The molecular weight excluding hydrogens is 377 g/mol. The van der Waals surface area contributed by atoms with Gasteiger partial charge in [0.25, 0.3) is 5.91 Å². The number of halogens is 1. The summed E-state index contributed by atoms with van der Waals surface area (Å²) in [5, 5.41) is 0. The molecule has 0 spiro atoms. The van der Waals surface area contributed by atoms with Gasteiger partial charge in [-0.2, -0.15) is 0 Å². The second-order valence-corrected chi connectivity index (χ2v) is 7.41. The fourth-order valence-corrected chi connectivity index (χ4v) is 3.85. The first-order valence-electron chi connectivity index (χ1n) is 8.54. The number of carbonyl (C=O) groups is 1. The Morgan fingerprint density at radius 1 is 1.18 bits per heavy atom. The highest BCUT2D eigenvalue weighted by molar-refractivity contribution is 7.19. The normalized spacial score (nSPS) is 10.9. The Morgan fingerprint density at radius 2 is 1.96 bits per heavy atom. The fourth-order valence-electron chi connectivity index (χ4n) is 2.81. The third-order valence-electron chi connectivity index (χ3n) is 4.20. The Kier molecular flexibility index (Phi) is 4.75. The van der Waals surface area contributed by atoms with Crippen molar-refractivity contribution >= 4 is 27.5 Å². The monoisotopic (exact) mass is 393 g/mol. The highest BCUT2D eigenvalue weighted by Crippen LogP contribution is 2.35. The molecule has 3 aromatic heterocycles. The maximum Gasteiger partial charge on any atom is 0.267 e. The molecule has 140 valence electrons. The van der Waals surface area contributed by atoms with Gasteiger partial charge in [0, 0.05) is 16.1 Å². The molecule has 2 N–H and O–H groups in total. The van der Waals surface area contributed by atoms with Crippen molar-refractivity contribution in [2.45, 2.75) is 13.5 Å². The highest BCUT2D eigenvalue weighted by Gasteiger charge is 2.15. The summed E-state index contributed by atoms with van der Waals surface area (Å²) < 4.78 is 20.0. The molecule has 1 aromatic carbocycles. The molecule has 0 saturated heterocycles. The van der Waals surface area contributed by atoms with Gasteiger partial charge in [-0.1, -0.05) is 12.1 Å². The van der Waals surface area contributed by atoms with Crippen LogP contribution in [0.1, 0.15) is 21.1 Å². The van der Waals surface area contributed by atoms with Gasteiger partial charge in [0.2, 0.25) is 0 Å². The van der Waals surface area contributed by atoms with E-state index in [-0.39, 0.29) is 11.5 Å². The van der Waals surface area contributed by atoms with E-state index < -0.39 is 5.91 Å². The van der Waals surface area contributed by atoms with E-state index in [1.54, 1.807) is 24.4 Å². The highest BCUT2D eigenvalue weighted by atomic mass is 32.1. The lowest BCUT2D eigenvalue weighted by Gasteiger charge is -2.05. The van der Waals surface area contributed by atoms with Crippen LogP contribution in [0.4, 0.5) is 4.39 Å². The summed E-state index contributed by atoms with van der Waals surface area (Å²) in [5.74, 6) is -0.260. The van der Waals surface area contributed by atoms with Gasteiger partial charge in [0.15, 0.2) is 0 Å². The van der Waals surface area contributed by atoms with Crippen molar-refractivity contribution in [3.05, 3.63) is 76.8 Å². The number of fused-ring (bicyclic) bond motifs is 1. The SMILES string of the molecule is Cc1ccc(OCc2cc3nc(C(N)=O)cc(-c4ccc(F)cc4)c3s2)cn1. The molecule has 3 heterocycles. The number of primary amides is 1. The van der Waals surface area contributed by atoms with Gasteiger partial charge >= 0.3 is 0 Å². The van der Waals surface area contributed by atoms with Gasteiger partial charge in [-0.05, 0) is 48.9 Å². The number of amides is 1. The Morgan fingerprint density at radius 3 is 2.64 bits per heavy atom. The number of rotatable bonds is 5. The molecule has 5 nitrogen and oxygen atoms in total. The van der Waals surface area contributed by atoms with E-state index in [1.807, 2.05) is 25.1 Å². The lowest BCUT2D eigenvalue weighted by atomic mass is 10.0. The Labute approximate surface area is 164 Å². The number of hydrogen-bond donors (Lipinski definition) is 1. The quantitative estimate of drug-likeness (QED) is 0.542. The fraction of sp³-hybridized carbons (Fsp3) is 0.0952. The molecule has 7 heteroatoms. The van der Waals surface area contributed by atoms with Crippen molar-refractivity contribution in [1.29, 1.82) is 0 Å². The third-order valence-corrected chi connectivity index (χ3v) is 5.33. The zero-order valence-corrected chi connectivity index (χ0v) is 15.8. The first-order chi connectivity index (χ1) is 13.5. The molecule has 0 radical (unpaired) electrons. The van der Waals surface area contributed by atoms with Crippen molar-refractivity contribution in [1.82, 2.24) is 9.97 Å². The van der Waals surface area contributed by atoms with E-state index in [4.69, 9.17) is 10.5 Å². The molecule has 0 saturated carbocycles. The first kappa shape index (κ1) is 18.1. The van der Waals surface area contributed by atoms with Crippen LogP contribution < -0.4 is 10.5 Å². The van der Waals surface area contributed by atoms with Gasteiger partial charge in [0.05, 0.1) is 16.4 Å². The largest absolute Gasteiger partial charge is 0.486 e. The molecule has 0 aliphatic carbocycles. The summed E-state index contributed by atoms with van der Waals surface area (Å²) in [6.45, 7) is 2.26. The van der Waals surface area contributed by atoms with Crippen molar-refractivity contribution in [3.8, 4) is 16.9 Å². The standard InChI is InChI=1S/C21H16FN3O2S/c1-12-2-7-15(10-24-12)27-11-16-8-18-20(28-16)17(9-19(25-18)21(23)26)13-3-5-14(22)6-4-13/h2-10H,11H2,1H3,(H2,23,26). The first-order valence-corrected chi connectivity index (χ1v) is 9.36. The number of hydrogen-bond acceptors (Lipinski definition) is 5. The summed E-state index contributed by atoms with van der Waals surface area (Å²) in [5.41, 5.74) is 8.75. The van der Waals surface area contributed by atoms with Gasteiger partial charge in [-0.15, -0.1) is 11.3 Å². The lowest BCUT2D eigenvalue weighted by molar-refractivity contribution is 0.0996. The van der Waals surface area contributed by atoms with Crippen LogP contribution in [0.15, 0.2) is 54.7 Å². The maximum atomic E-state index is 13.3. The minimum atomic E-state index is -0.611. The second kappa shape index (κ2) is 7.36. The zero-order chi connectivity index (χ0) is 19.7. The van der Waals surface area contributed by atoms with Crippen LogP contribution in [0, 0.1) is 12.7 Å². The average Bonchev–Trinajstić information content (AvgIpc) is 3.10. The number of nitrogens with zero attached hydrogens (tertiary/aromatic N) is 2. The van der Waals surface area contributed by atoms with Crippen LogP contribution >= 0.6 is 11.3 Å². The molecule has 0 fully saturated rings. The summed E-state index contributed by atoms with van der Waals surface area (Å²) in [7, 11) is 0. The molecule has 4 aromatic rings. The molecule has 1 amide bonds. The number of aryl methyl sites for hydroxylation is 1. The van der Waals surface area contributed by atoms with E-state index in [0.717, 1.165) is 26.4 Å². The number of pyridine rings is 2. The van der Waals surface area contributed by atoms with E-state index in [1.165, 1.54) is 23.5 Å². The number of thiophene rings is 1. The molecular formula is C21H16FN3O2S. The van der Waals surface area contributed by atoms with Gasteiger partial charge in [0.1, 0.15) is 23.9 Å². The minimum Gasteiger partial charge on any atom is -0.486 e. The van der Waals surface area contributed by atoms with Crippen LogP contribution in [-0.4, -0.2) is 15.9 Å². The number of nitrogens with two attached hydrogens (primary N) is 1. The molecule has 0 bridgehead atoms. The smallest absolute Gasteiger partial charge is 0.267 e. The number of carbonyl (C=O) groups excluding carboxylic acids is 1. The van der Waals surface area contributed by atoms with Crippen molar-refractivity contribution in [3.63, 3.8) is 0 Å². The van der Waals surface area contributed by atoms with Gasteiger partial charge < -0.3 is 10.5 Å². The molecule has 0 aliphatic rings. The van der Waals surface area contributed by atoms with Crippen molar-refractivity contribution in [2.75, 3.05) is 0 Å². The predicted octanol–water partition coefficient (Wildman–Crippen LogP) is 4.48. The zero-order valence-electron chi connectivity index (χ0n) is 15.0. The summed E-state index contributed by atoms with van der Waals surface area (Å²) >= 11 is 1.51. The number of ether oxygens (including phenoxy) is 1. The van der Waals surface area contributed by atoms with Crippen molar-refractivity contribution in [2.24, 2.45) is 5.73 Å². The van der Waals surface area contributed by atoms with Crippen molar-refractivity contribution < 1.29 is 13.9 Å². The van der Waals surface area contributed by atoms with E-state index >= 15 is 0 Å². The number of benzene rings is 1. The van der Waals surface area contributed by atoms with Gasteiger partial charge in [-0.3, -0.25) is 9.78 Å². The Balaban J connectivity index is 1.72. The molecule has 28 heavy (non-hydrogen) atoms. The Bertz CT molecular complexity index is 1150. The van der Waals surface area contributed by atoms with Crippen LogP contribution in [-0.2, 0) is 6.61 Å². The van der Waals surface area contributed by atoms with Crippen LogP contribution in [0.3, 0.4) is 0 Å².